The first-order valence-corrected chi connectivity index (χ1v) is 8.18. The number of rotatable bonds is 6. The topological polar surface area (TPSA) is 59.1 Å². The molecule has 0 unspecified atom stereocenters. The summed E-state index contributed by atoms with van der Waals surface area (Å²) in [7, 11) is 1.66. The standard InChI is InChI=1S/C20H22N4O/c1-14-4-7-17(12-15(14)2)23-20-21-11-10-19(24-20)22-13-16-5-8-18(25-3)9-6-16/h4-12H,13H2,1-3H3,(H2,21,22,23,24). The van der Waals surface area contributed by atoms with Crippen LogP contribution in [0, 0.1) is 13.8 Å². The van der Waals surface area contributed by atoms with Gasteiger partial charge in [-0.2, -0.15) is 4.98 Å². The highest BCUT2D eigenvalue weighted by atomic mass is 16.5. The van der Waals surface area contributed by atoms with Crippen LogP contribution in [0.25, 0.3) is 0 Å². The molecule has 3 rings (SSSR count). The van der Waals surface area contributed by atoms with Crippen molar-refractivity contribution in [1.82, 2.24) is 9.97 Å². The summed E-state index contributed by atoms with van der Waals surface area (Å²) < 4.78 is 5.17. The number of anilines is 3. The van der Waals surface area contributed by atoms with E-state index < -0.39 is 0 Å². The van der Waals surface area contributed by atoms with Gasteiger partial charge in [0.25, 0.3) is 0 Å². The maximum absolute atomic E-state index is 5.17. The van der Waals surface area contributed by atoms with E-state index in [1.807, 2.05) is 36.4 Å². The molecule has 1 aromatic heterocycles. The molecule has 0 radical (unpaired) electrons. The van der Waals surface area contributed by atoms with Crippen LogP contribution in [0.4, 0.5) is 17.5 Å². The van der Waals surface area contributed by atoms with Crippen molar-refractivity contribution in [2.75, 3.05) is 17.7 Å². The Labute approximate surface area is 148 Å². The fraction of sp³-hybridized carbons (Fsp3) is 0.200. The molecule has 5 heteroatoms. The monoisotopic (exact) mass is 334 g/mol. The van der Waals surface area contributed by atoms with Gasteiger partial charge < -0.3 is 15.4 Å². The minimum Gasteiger partial charge on any atom is -0.497 e. The van der Waals surface area contributed by atoms with Crippen molar-refractivity contribution < 1.29 is 4.74 Å². The average molecular weight is 334 g/mol. The number of nitrogens with one attached hydrogen (secondary N) is 2. The first-order chi connectivity index (χ1) is 12.1. The molecule has 1 heterocycles. The Bertz CT molecular complexity index is 847. The van der Waals surface area contributed by atoms with Gasteiger partial charge in [0.15, 0.2) is 0 Å². The van der Waals surface area contributed by atoms with E-state index in [1.54, 1.807) is 13.3 Å². The Hall–Kier alpha value is -3.08. The number of methoxy groups -OCH3 is 1. The van der Waals surface area contributed by atoms with Gasteiger partial charge in [-0.05, 0) is 60.9 Å². The highest BCUT2D eigenvalue weighted by Crippen LogP contribution is 2.18. The Morgan fingerprint density at radius 2 is 1.76 bits per heavy atom. The number of ether oxygens (including phenoxy) is 1. The maximum atomic E-state index is 5.17. The fourth-order valence-electron chi connectivity index (χ4n) is 2.40. The molecule has 0 spiro atoms. The van der Waals surface area contributed by atoms with Gasteiger partial charge in [0, 0.05) is 18.4 Å². The van der Waals surface area contributed by atoms with E-state index >= 15 is 0 Å². The lowest BCUT2D eigenvalue weighted by atomic mass is 10.1. The maximum Gasteiger partial charge on any atom is 0.229 e. The summed E-state index contributed by atoms with van der Waals surface area (Å²) in [5.41, 5.74) is 4.64. The van der Waals surface area contributed by atoms with Gasteiger partial charge in [-0.15, -0.1) is 0 Å². The minimum absolute atomic E-state index is 0.572. The van der Waals surface area contributed by atoms with Gasteiger partial charge in [0.1, 0.15) is 11.6 Å². The molecule has 0 bridgehead atoms. The van der Waals surface area contributed by atoms with E-state index in [4.69, 9.17) is 4.74 Å². The zero-order valence-electron chi connectivity index (χ0n) is 14.7. The molecule has 5 nitrogen and oxygen atoms in total. The summed E-state index contributed by atoms with van der Waals surface area (Å²) in [6.07, 6.45) is 1.74. The van der Waals surface area contributed by atoms with Crippen molar-refractivity contribution in [1.29, 1.82) is 0 Å². The SMILES string of the molecule is COc1ccc(CNc2ccnc(Nc3ccc(C)c(C)c3)n2)cc1. The highest BCUT2D eigenvalue weighted by Gasteiger charge is 2.02. The minimum atomic E-state index is 0.572. The highest BCUT2D eigenvalue weighted by molar-refractivity contribution is 5.56. The lowest BCUT2D eigenvalue weighted by Crippen LogP contribution is -2.04. The van der Waals surface area contributed by atoms with Crippen LogP contribution in [-0.4, -0.2) is 17.1 Å². The number of hydrogen-bond donors (Lipinski definition) is 2. The molecule has 25 heavy (non-hydrogen) atoms. The number of nitrogens with zero attached hydrogens (tertiary/aromatic N) is 2. The zero-order valence-corrected chi connectivity index (χ0v) is 14.7. The third-order valence-corrected chi connectivity index (χ3v) is 4.05. The lowest BCUT2D eigenvalue weighted by Gasteiger charge is -2.10. The molecule has 0 amide bonds. The van der Waals surface area contributed by atoms with Crippen molar-refractivity contribution in [3.63, 3.8) is 0 Å². The second-order valence-corrected chi connectivity index (χ2v) is 5.89. The van der Waals surface area contributed by atoms with Crippen LogP contribution in [0.2, 0.25) is 0 Å². The van der Waals surface area contributed by atoms with Crippen LogP contribution in [0.5, 0.6) is 5.75 Å². The Balaban J connectivity index is 1.65. The quantitative estimate of drug-likeness (QED) is 0.697. The van der Waals surface area contributed by atoms with Crippen molar-refractivity contribution >= 4 is 17.5 Å². The number of hydrogen-bond acceptors (Lipinski definition) is 5. The lowest BCUT2D eigenvalue weighted by molar-refractivity contribution is 0.414. The summed E-state index contributed by atoms with van der Waals surface area (Å²) in [6, 6.07) is 16.0. The van der Waals surface area contributed by atoms with Crippen LogP contribution >= 0.6 is 0 Å². The molecular weight excluding hydrogens is 312 g/mol. The fourth-order valence-corrected chi connectivity index (χ4v) is 2.40. The summed E-state index contributed by atoms with van der Waals surface area (Å²) in [5.74, 6) is 2.20. The van der Waals surface area contributed by atoms with Gasteiger partial charge in [-0.1, -0.05) is 18.2 Å². The van der Waals surface area contributed by atoms with Gasteiger partial charge >= 0.3 is 0 Å². The molecule has 0 fully saturated rings. The van der Waals surface area contributed by atoms with E-state index in [0.717, 1.165) is 22.8 Å². The van der Waals surface area contributed by atoms with Gasteiger partial charge in [0.05, 0.1) is 7.11 Å². The molecule has 0 aliphatic rings. The van der Waals surface area contributed by atoms with Crippen molar-refractivity contribution in [3.05, 3.63) is 71.4 Å². The summed E-state index contributed by atoms with van der Waals surface area (Å²) >= 11 is 0. The molecule has 2 aromatic carbocycles. The van der Waals surface area contributed by atoms with E-state index in [0.29, 0.717) is 12.5 Å². The summed E-state index contributed by atoms with van der Waals surface area (Å²) in [6.45, 7) is 4.87. The van der Waals surface area contributed by atoms with Crippen LogP contribution in [0.1, 0.15) is 16.7 Å². The predicted molar refractivity (Wildman–Crippen MR) is 102 cm³/mol. The number of aryl methyl sites for hydroxylation is 2. The first-order valence-electron chi connectivity index (χ1n) is 8.18. The zero-order chi connectivity index (χ0) is 17.6. The molecule has 0 aliphatic carbocycles. The normalized spacial score (nSPS) is 10.4. The smallest absolute Gasteiger partial charge is 0.229 e. The van der Waals surface area contributed by atoms with Crippen LogP contribution in [0.3, 0.4) is 0 Å². The molecule has 0 aliphatic heterocycles. The molecular formula is C20H22N4O. The first kappa shape index (κ1) is 16.8. The second-order valence-electron chi connectivity index (χ2n) is 5.89. The largest absolute Gasteiger partial charge is 0.497 e. The molecule has 0 atom stereocenters. The van der Waals surface area contributed by atoms with Crippen molar-refractivity contribution in [2.24, 2.45) is 0 Å². The van der Waals surface area contributed by atoms with Crippen molar-refractivity contribution in [3.8, 4) is 5.75 Å². The average Bonchev–Trinajstić information content (AvgIpc) is 2.64. The van der Waals surface area contributed by atoms with E-state index in [9.17, 15) is 0 Å². The van der Waals surface area contributed by atoms with Crippen molar-refractivity contribution in [2.45, 2.75) is 20.4 Å². The summed E-state index contributed by atoms with van der Waals surface area (Å²) in [5, 5.41) is 6.56. The Morgan fingerprint density at radius 1 is 0.960 bits per heavy atom. The number of benzene rings is 2. The predicted octanol–water partition coefficient (Wildman–Crippen LogP) is 4.46. The third-order valence-electron chi connectivity index (χ3n) is 4.05. The van der Waals surface area contributed by atoms with E-state index in [1.165, 1.54) is 11.1 Å². The molecule has 0 saturated heterocycles. The van der Waals surface area contributed by atoms with Gasteiger partial charge in [0.2, 0.25) is 5.95 Å². The van der Waals surface area contributed by atoms with Gasteiger partial charge in [-0.3, -0.25) is 0 Å². The van der Waals surface area contributed by atoms with Gasteiger partial charge in [-0.25, -0.2) is 4.98 Å². The van der Waals surface area contributed by atoms with Crippen LogP contribution in [-0.2, 0) is 6.54 Å². The second kappa shape index (κ2) is 7.66. The number of aromatic nitrogens is 2. The van der Waals surface area contributed by atoms with Crippen LogP contribution < -0.4 is 15.4 Å². The molecule has 3 aromatic rings. The van der Waals surface area contributed by atoms with Crippen LogP contribution in [0.15, 0.2) is 54.7 Å². The molecule has 128 valence electrons. The summed E-state index contributed by atoms with van der Waals surface area (Å²) in [4.78, 5) is 8.80. The third kappa shape index (κ3) is 4.47. The molecule has 0 saturated carbocycles. The molecule has 2 N–H and O–H groups in total. The Morgan fingerprint density at radius 3 is 2.48 bits per heavy atom. The Kier molecular flexibility index (Phi) is 5.14. The van der Waals surface area contributed by atoms with E-state index in [-0.39, 0.29) is 0 Å². The van der Waals surface area contributed by atoms with E-state index in [2.05, 4.69) is 46.6 Å².